The predicted octanol–water partition coefficient (Wildman–Crippen LogP) is -4.98. The number of aliphatic hydroxyl groups excluding tert-OH is 1. The van der Waals surface area contributed by atoms with E-state index in [0.29, 0.717) is 22.0 Å². The van der Waals surface area contributed by atoms with Crippen molar-refractivity contribution < 1.29 is 63.0 Å². The van der Waals surface area contributed by atoms with Crippen LogP contribution in [-0.2, 0) is 65.6 Å². The molecular formula is C57H89N19O13. The fourth-order valence-electron chi connectivity index (χ4n) is 9.34. The second-order valence-corrected chi connectivity index (χ2v) is 22.4. The van der Waals surface area contributed by atoms with Crippen molar-refractivity contribution in [3.05, 3.63) is 65.9 Å². The van der Waals surface area contributed by atoms with E-state index < -0.39 is 151 Å². The van der Waals surface area contributed by atoms with Gasteiger partial charge in [-0.05, 0) is 86.6 Å². The van der Waals surface area contributed by atoms with Gasteiger partial charge in [-0.25, -0.2) is 0 Å². The van der Waals surface area contributed by atoms with Crippen LogP contribution in [0.4, 0.5) is 0 Å². The molecule has 0 unspecified atom stereocenters. The number of hydrogen-bond donors (Lipinski definition) is 18. The number of primary amides is 3. The average molecular weight is 1250 g/mol. The summed E-state index contributed by atoms with van der Waals surface area (Å²) in [6.07, 6.45) is -2.03. The maximum Gasteiger partial charge on any atom is 0.245 e. The first kappa shape index (κ1) is 73.7. The van der Waals surface area contributed by atoms with Crippen molar-refractivity contribution in [1.82, 2.24) is 47.1 Å². The molecular weight excluding hydrogens is 1160 g/mol. The zero-order chi connectivity index (χ0) is 66.8. The highest BCUT2D eigenvalue weighted by Crippen LogP contribution is 2.21. The second kappa shape index (κ2) is 35.9. The molecule has 0 aliphatic heterocycles. The molecule has 0 aliphatic rings. The molecule has 0 radical (unpaired) electrons. The number of carbonyl (C=O) groups is 11. The van der Waals surface area contributed by atoms with E-state index in [1.807, 2.05) is 13.8 Å². The van der Waals surface area contributed by atoms with Gasteiger partial charge in [-0.1, -0.05) is 58.0 Å². The number of carbonyl (C=O) groups excluding carboxylic acids is 11. The standard InChI is InChI=1S/C57H89N19O13/c1-28(2)23-35(58)48(82)72-41(26-44(60)80)50(84)73-40(25-32-27-68-36-12-8-7-11-34(32)36)51(85)74-45(29(3)4)53(87)75-46(30(5)77)54(88)69-37(13-9-21-66-56(62)63)49(83)70-38(19-20-43(59)79)55(89)76(6)42(14-10-22-67-57(64)65)52(86)71-39(47(61)81)24-31-15-17-33(78)18-16-31/h7-8,11-12,15-18,27-30,35,37-42,45-46,68,77-78H,9-10,13-14,19-26,58H2,1-6H3,(H2,59,79)(H2,60,80)(H2,61,81)(H,69,88)(H,70,83)(H,71,86)(H,72,82)(H,73,84)(H,74,85)(H,75,87)(H4,62,63,66)(H4,64,65,67)/t30-,35+,37+,38+,39+,40+,41+,42+,45+,46+/m1/s1. The molecule has 11 amide bonds. The number of benzene rings is 2. The molecule has 89 heavy (non-hydrogen) atoms. The molecule has 0 saturated carbocycles. The topological polar surface area (TPSA) is 564 Å². The Morgan fingerprint density at radius 1 is 0.573 bits per heavy atom. The Balaban J connectivity index is 1.99. The maximum atomic E-state index is 14.6. The lowest BCUT2D eigenvalue weighted by atomic mass is 9.99. The summed E-state index contributed by atoms with van der Waals surface area (Å²) in [6, 6.07) is -0.644. The van der Waals surface area contributed by atoms with Crippen LogP contribution in [-0.4, -0.2) is 178 Å². The smallest absolute Gasteiger partial charge is 0.245 e. The van der Waals surface area contributed by atoms with Gasteiger partial charge in [0, 0.05) is 56.5 Å². The first-order chi connectivity index (χ1) is 41.8. The van der Waals surface area contributed by atoms with Crippen molar-refractivity contribution >= 4 is 87.8 Å². The summed E-state index contributed by atoms with van der Waals surface area (Å²) in [5.74, 6) is -11.8. The van der Waals surface area contributed by atoms with Gasteiger partial charge < -0.3 is 103 Å². The summed E-state index contributed by atoms with van der Waals surface area (Å²) in [4.78, 5) is 163. The van der Waals surface area contributed by atoms with E-state index >= 15 is 0 Å². The number of aliphatic imine (C=N–C) groups is 2. The number of guanidine groups is 2. The molecule has 2 aromatic carbocycles. The minimum absolute atomic E-state index is 0.00316. The van der Waals surface area contributed by atoms with Gasteiger partial charge in [-0.2, -0.15) is 0 Å². The number of phenolic OH excluding ortho intramolecular Hbond substituents is 1. The number of rotatable bonds is 38. The molecule has 1 heterocycles. The van der Waals surface area contributed by atoms with Crippen LogP contribution in [0.2, 0.25) is 0 Å². The number of likely N-dealkylation sites (N-methyl/N-ethyl adjacent to an activating group) is 1. The zero-order valence-corrected chi connectivity index (χ0v) is 51.0. The van der Waals surface area contributed by atoms with Crippen LogP contribution in [0.25, 0.3) is 10.9 Å². The van der Waals surface area contributed by atoms with Crippen molar-refractivity contribution in [3.8, 4) is 5.75 Å². The molecule has 0 saturated heterocycles. The van der Waals surface area contributed by atoms with E-state index in [1.165, 1.54) is 31.3 Å². The summed E-state index contributed by atoms with van der Waals surface area (Å²) < 4.78 is 0. The lowest BCUT2D eigenvalue weighted by Gasteiger charge is -2.32. The van der Waals surface area contributed by atoms with Crippen molar-refractivity contribution in [2.45, 2.75) is 159 Å². The van der Waals surface area contributed by atoms with E-state index in [4.69, 9.17) is 45.9 Å². The number of H-pyrrole nitrogens is 1. The van der Waals surface area contributed by atoms with Crippen LogP contribution in [0.15, 0.2) is 64.7 Å². The highest BCUT2D eigenvalue weighted by molar-refractivity contribution is 5.99. The Bertz CT molecular complexity index is 3000. The number of aromatic amines is 1. The van der Waals surface area contributed by atoms with Crippen LogP contribution in [0, 0.1) is 11.8 Å². The molecule has 26 N–H and O–H groups in total. The first-order valence-electron chi connectivity index (χ1n) is 28.9. The molecule has 0 fully saturated rings. The van der Waals surface area contributed by atoms with Gasteiger partial charge in [0.1, 0.15) is 54.1 Å². The Labute approximate surface area is 515 Å². The number of nitrogens with one attached hydrogen (secondary N) is 8. The fraction of sp³-hybridized carbons (Fsp3) is 0.526. The minimum atomic E-state index is -1.86. The number of fused-ring (bicyclic) bond motifs is 1. The maximum absolute atomic E-state index is 14.6. The number of para-hydroxylation sites is 1. The van der Waals surface area contributed by atoms with Crippen molar-refractivity contribution in [3.63, 3.8) is 0 Å². The van der Waals surface area contributed by atoms with Gasteiger partial charge in [0.15, 0.2) is 11.9 Å². The summed E-state index contributed by atoms with van der Waals surface area (Å²) >= 11 is 0. The molecule has 0 aliphatic carbocycles. The summed E-state index contributed by atoms with van der Waals surface area (Å²) in [5, 5.41) is 39.2. The number of aromatic nitrogens is 1. The molecule has 32 nitrogen and oxygen atoms in total. The van der Waals surface area contributed by atoms with E-state index in [2.05, 4.69) is 52.2 Å². The number of nitrogens with two attached hydrogens (primary N) is 8. The number of amides is 11. The fourth-order valence-corrected chi connectivity index (χ4v) is 9.34. The molecule has 3 rings (SSSR count). The highest BCUT2D eigenvalue weighted by Gasteiger charge is 2.39. The van der Waals surface area contributed by atoms with E-state index in [1.54, 1.807) is 44.3 Å². The number of hydrogen-bond acceptors (Lipinski definition) is 16. The van der Waals surface area contributed by atoms with Crippen LogP contribution >= 0.6 is 0 Å². The number of phenols is 1. The largest absolute Gasteiger partial charge is 0.508 e. The molecule has 0 spiro atoms. The number of nitrogens with zero attached hydrogens (tertiary/aromatic N) is 3. The van der Waals surface area contributed by atoms with Gasteiger partial charge in [0.05, 0.1) is 18.6 Å². The van der Waals surface area contributed by atoms with Gasteiger partial charge in [0.25, 0.3) is 0 Å². The SMILES string of the molecule is CC(C)C[C@H](N)C(=O)N[C@@H](CC(N)=O)C(=O)N[C@@H](Cc1c[nH]c2ccccc12)C(=O)N[C@H](C(=O)N[C@H](C(=O)N[C@@H](CCCN=C(N)N)C(=O)N[C@@H](CCC(N)=O)C(=O)N(C)[C@@H](CCCN=C(N)N)C(=O)N[C@@H](Cc1ccc(O)cc1)C(N)=O)[C@@H](C)O)C(C)C. The van der Waals surface area contributed by atoms with E-state index in [9.17, 15) is 63.0 Å². The number of aromatic hydroxyl groups is 1. The van der Waals surface area contributed by atoms with Gasteiger partial charge >= 0.3 is 0 Å². The van der Waals surface area contributed by atoms with Crippen LogP contribution in [0.5, 0.6) is 5.75 Å². The third kappa shape index (κ3) is 25.0. The van der Waals surface area contributed by atoms with Crippen LogP contribution < -0.4 is 83.1 Å². The van der Waals surface area contributed by atoms with Crippen molar-refractivity contribution in [1.29, 1.82) is 0 Å². The van der Waals surface area contributed by atoms with Gasteiger partial charge in [0.2, 0.25) is 65.0 Å². The van der Waals surface area contributed by atoms with E-state index in [-0.39, 0.29) is 81.6 Å². The van der Waals surface area contributed by atoms with Crippen molar-refractivity contribution in [2.24, 2.45) is 67.7 Å². The highest BCUT2D eigenvalue weighted by atomic mass is 16.3. The predicted molar refractivity (Wildman–Crippen MR) is 329 cm³/mol. The summed E-state index contributed by atoms with van der Waals surface area (Å²) in [5.41, 5.74) is 46.6. The van der Waals surface area contributed by atoms with Crippen LogP contribution in [0.3, 0.4) is 0 Å². The van der Waals surface area contributed by atoms with Gasteiger partial charge in [-0.15, -0.1) is 0 Å². The molecule has 32 heteroatoms. The average Bonchev–Trinajstić information content (AvgIpc) is 2.03. The Morgan fingerprint density at radius 2 is 1.10 bits per heavy atom. The minimum Gasteiger partial charge on any atom is -0.508 e. The summed E-state index contributed by atoms with van der Waals surface area (Å²) in [7, 11) is 1.23. The Hall–Kier alpha value is -9.59. The van der Waals surface area contributed by atoms with Crippen molar-refractivity contribution in [2.75, 3.05) is 20.1 Å². The first-order valence-corrected chi connectivity index (χ1v) is 28.9. The normalized spacial score (nSPS) is 14.5. The number of aliphatic hydroxyl groups is 1. The molecule has 0 bridgehead atoms. The molecule has 10 atom stereocenters. The molecule has 3 aromatic rings. The van der Waals surface area contributed by atoms with Crippen LogP contribution in [0.1, 0.15) is 97.1 Å². The second-order valence-electron chi connectivity index (χ2n) is 22.4. The van der Waals surface area contributed by atoms with E-state index in [0.717, 1.165) is 11.8 Å². The monoisotopic (exact) mass is 1250 g/mol. The Morgan fingerprint density at radius 3 is 1.66 bits per heavy atom. The Kier molecular flexibility index (Phi) is 29.7. The quantitative estimate of drug-likeness (QED) is 0.0145. The third-order valence-corrected chi connectivity index (χ3v) is 14.1. The third-order valence-electron chi connectivity index (χ3n) is 14.1. The van der Waals surface area contributed by atoms with Gasteiger partial charge in [-0.3, -0.25) is 62.7 Å². The molecule has 1 aromatic heterocycles. The summed E-state index contributed by atoms with van der Waals surface area (Å²) in [6.45, 7) is 7.84. The lowest BCUT2D eigenvalue weighted by molar-refractivity contribution is -0.143. The molecule has 490 valence electrons. The lowest BCUT2D eigenvalue weighted by Crippen LogP contribution is -2.63. The zero-order valence-electron chi connectivity index (χ0n) is 51.0.